The van der Waals surface area contributed by atoms with E-state index in [1.807, 2.05) is 0 Å². The molecule has 0 aliphatic heterocycles. The number of aromatic nitrogens is 1. The zero-order valence-electron chi connectivity index (χ0n) is 14.3. The van der Waals surface area contributed by atoms with E-state index in [1.54, 1.807) is 48.7 Å². The minimum Gasteiger partial charge on any atom is -0.343 e. The minimum atomic E-state index is -0.422. The Morgan fingerprint density at radius 3 is 2.36 bits per heavy atom. The fraction of sp³-hybridized carbons (Fsp3) is 0.105. The van der Waals surface area contributed by atoms with E-state index in [0.29, 0.717) is 32.2 Å². The Morgan fingerprint density at radius 1 is 0.964 bits per heavy atom. The number of rotatable bonds is 6. The van der Waals surface area contributed by atoms with Gasteiger partial charge in [0.1, 0.15) is 0 Å². The van der Waals surface area contributed by atoms with Gasteiger partial charge in [-0.05, 0) is 29.8 Å². The van der Waals surface area contributed by atoms with Crippen LogP contribution in [-0.2, 0) is 11.2 Å². The van der Waals surface area contributed by atoms with Crippen molar-refractivity contribution in [2.75, 3.05) is 11.9 Å². The van der Waals surface area contributed by atoms with Crippen LogP contribution in [0.5, 0.6) is 0 Å². The Bertz CT molecular complexity index is 1000. The van der Waals surface area contributed by atoms with E-state index in [-0.39, 0.29) is 6.54 Å². The molecular formula is C19H14Cl3N3O2S. The lowest BCUT2D eigenvalue weighted by Crippen LogP contribution is -2.32. The van der Waals surface area contributed by atoms with E-state index in [9.17, 15) is 9.59 Å². The molecule has 0 fully saturated rings. The Hall–Kier alpha value is -2.12. The van der Waals surface area contributed by atoms with E-state index in [1.165, 1.54) is 11.3 Å². The average Bonchev–Trinajstić information content (AvgIpc) is 3.10. The molecule has 0 spiro atoms. The van der Waals surface area contributed by atoms with Crippen LogP contribution in [0.4, 0.5) is 5.13 Å². The molecular weight excluding hydrogens is 441 g/mol. The fourth-order valence-electron chi connectivity index (χ4n) is 2.39. The van der Waals surface area contributed by atoms with Gasteiger partial charge in [0, 0.05) is 27.5 Å². The van der Waals surface area contributed by atoms with Crippen LogP contribution >= 0.6 is 46.1 Å². The summed E-state index contributed by atoms with van der Waals surface area (Å²) in [6.07, 6.45) is 2.16. The number of hydrogen-bond acceptors (Lipinski definition) is 4. The van der Waals surface area contributed by atoms with Crippen LogP contribution < -0.4 is 10.6 Å². The first kappa shape index (κ1) is 20.6. The molecule has 28 heavy (non-hydrogen) atoms. The van der Waals surface area contributed by atoms with E-state index >= 15 is 0 Å². The van der Waals surface area contributed by atoms with Crippen molar-refractivity contribution in [1.29, 1.82) is 0 Å². The highest BCUT2D eigenvalue weighted by atomic mass is 35.5. The molecule has 0 unspecified atom stereocenters. The molecule has 1 heterocycles. The van der Waals surface area contributed by atoms with Crippen LogP contribution in [0.3, 0.4) is 0 Å². The molecule has 0 atom stereocenters. The monoisotopic (exact) mass is 453 g/mol. The predicted molar refractivity (Wildman–Crippen MR) is 114 cm³/mol. The maximum absolute atomic E-state index is 12.1. The Labute approximate surface area is 180 Å². The van der Waals surface area contributed by atoms with Crippen molar-refractivity contribution in [2.45, 2.75) is 6.42 Å². The largest absolute Gasteiger partial charge is 0.343 e. The van der Waals surface area contributed by atoms with Gasteiger partial charge in [0.25, 0.3) is 5.91 Å². The Balaban J connectivity index is 1.55. The standard InChI is InChI=1S/C19H14Cl3N3O2S/c20-14-5-2-1-4-12(14)18(27)23-10-17(26)25-19-24-9-11(28-19)8-13-15(21)6-3-7-16(13)22/h1-7,9H,8,10H2,(H,23,27)(H,24,25,26). The maximum atomic E-state index is 12.1. The number of hydrogen-bond donors (Lipinski definition) is 2. The number of nitrogens with zero attached hydrogens (tertiary/aromatic N) is 1. The van der Waals surface area contributed by atoms with E-state index < -0.39 is 11.8 Å². The van der Waals surface area contributed by atoms with Crippen LogP contribution in [0.1, 0.15) is 20.8 Å². The minimum absolute atomic E-state index is 0.199. The molecule has 0 saturated heterocycles. The van der Waals surface area contributed by atoms with Crippen molar-refractivity contribution in [2.24, 2.45) is 0 Å². The molecule has 0 radical (unpaired) electrons. The van der Waals surface area contributed by atoms with Gasteiger partial charge < -0.3 is 10.6 Å². The van der Waals surface area contributed by atoms with Crippen LogP contribution in [0, 0.1) is 0 Å². The number of anilines is 1. The van der Waals surface area contributed by atoms with Crippen LogP contribution in [0.2, 0.25) is 15.1 Å². The average molecular weight is 455 g/mol. The highest BCUT2D eigenvalue weighted by Crippen LogP contribution is 2.29. The lowest BCUT2D eigenvalue weighted by Gasteiger charge is -2.06. The smallest absolute Gasteiger partial charge is 0.253 e. The molecule has 9 heteroatoms. The third-order valence-corrected chi connectivity index (χ3v) is 5.69. The number of carbonyl (C=O) groups is 2. The Kier molecular flexibility index (Phi) is 6.91. The maximum Gasteiger partial charge on any atom is 0.253 e. The van der Waals surface area contributed by atoms with Gasteiger partial charge in [-0.1, -0.05) is 53.0 Å². The van der Waals surface area contributed by atoms with Gasteiger partial charge in [-0.3, -0.25) is 9.59 Å². The molecule has 3 aromatic rings. The van der Waals surface area contributed by atoms with Crippen molar-refractivity contribution in [1.82, 2.24) is 10.3 Å². The third kappa shape index (κ3) is 5.23. The van der Waals surface area contributed by atoms with Gasteiger partial charge in [-0.2, -0.15) is 0 Å². The SMILES string of the molecule is O=C(CNC(=O)c1ccccc1Cl)Nc1ncc(Cc2c(Cl)cccc2Cl)s1. The summed E-state index contributed by atoms with van der Waals surface area (Å²) in [6.45, 7) is -0.199. The molecule has 144 valence electrons. The lowest BCUT2D eigenvalue weighted by atomic mass is 10.1. The number of amides is 2. The number of nitrogens with one attached hydrogen (secondary N) is 2. The van der Waals surface area contributed by atoms with Crippen molar-refractivity contribution in [3.8, 4) is 0 Å². The molecule has 0 bridgehead atoms. The molecule has 1 aromatic heterocycles. The summed E-state index contributed by atoms with van der Waals surface area (Å²) in [5.41, 5.74) is 1.12. The number of thiazole rings is 1. The number of halogens is 3. The van der Waals surface area contributed by atoms with Gasteiger partial charge >= 0.3 is 0 Å². The number of benzene rings is 2. The van der Waals surface area contributed by atoms with Gasteiger partial charge in [0.15, 0.2) is 5.13 Å². The first-order chi connectivity index (χ1) is 13.4. The zero-order valence-corrected chi connectivity index (χ0v) is 17.4. The van der Waals surface area contributed by atoms with Crippen molar-refractivity contribution >= 4 is 63.1 Å². The quantitative estimate of drug-likeness (QED) is 0.547. The Morgan fingerprint density at radius 2 is 1.64 bits per heavy atom. The predicted octanol–water partition coefficient (Wildman–Crippen LogP) is 5.06. The number of carbonyl (C=O) groups excluding carboxylic acids is 2. The molecule has 2 N–H and O–H groups in total. The second-order valence-corrected chi connectivity index (χ2v) is 8.06. The van der Waals surface area contributed by atoms with Crippen LogP contribution in [0.15, 0.2) is 48.7 Å². The summed E-state index contributed by atoms with van der Waals surface area (Å²) in [7, 11) is 0. The molecule has 0 aliphatic carbocycles. The van der Waals surface area contributed by atoms with Crippen LogP contribution in [0.25, 0.3) is 0 Å². The summed E-state index contributed by atoms with van der Waals surface area (Å²) in [6, 6.07) is 11.9. The van der Waals surface area contributed by atoms with Crippen molar-refractivity contribution in [3.63, 3.8) is 0 Å². The molecule has 2 amide bonds. The highest BCUT2D eigenvalue weighted by Gasteiger charge is 2.13. The molecule has 5 nitrogen and oxygen atoms in total. The van der Waals surface area contributed by atoms with E-state index in [4.69, 9.17) is 34.8 Å². The van der Waals surface area contributed by atoms with Gasteiger partial charge in [-0.15, -0.1) is 11.3 Å². The zero-order chi connectivity index (χ0) is 20.1. The van der Waals surface area contributed by atoms with Gasteiger partial charge in [0.2, 0.25) is 5.91 Å². The topological polar surface area (TPSA) is 71.1 Å². The molecule has 3 rings (SSSR count). The van der Waals surface area contributed by atoms with Crippen LogP contribution in [-0.4, -0.2) is 23.3 Å². The first-order valence-electron chi connectivity index (χ1n) is 8.14. The summed E-state index contributed by atoms with van der Waals surface area (Å²) in [4.78, 5) is 29.2. The summed E-state index contributed by atoms with van der Waals surface area (Å²) < 4.78 is 0. The molecule has 0 saturated carbocycles. The van der Waals surface area contributed by atoms with Crippen molar-refractivity contribution < 1.29 is 9.59 Å². The summed E-state index contributed by atoms with van der Waals surface area (Å²) in [5, 5.41) is 7.09. The second kappa shape index (κ2) is 9.39. The van der Waals surface area contributed by atoms with Gasteiger partial charge in [-0.25, -0.2) is 4.98 Å². The fourth-order valence-corrected chi connectivity index (χ4v) is 3.98. The van der Waals surface area contributed by atoms with Gasteiger partial charge in [0.05, 0.1) is 17.1 Å². The molecule has 0 aliphatic rings. The summed E-state index contributed by atoms with van der Waals surface area (Å²) in [5.74, 6) is -0.814. The normalized spacial score (nSPS) is 10.5. The third-order valence-electron chi connectivity index (χ3n) is 3.74. The summed E-state index contributed by atoms with van der Waals surface area (Å²) >= 11 is 19.6. The lowest BCUT2D eigenvalue weighted by molar-refractivity contribution is -0.115. The van der Waals surface area contributed by atoms with E-state index in [2.05, 4.69) is 15.6 Å². The van der Waals surface area contributed by atoms with Crippen molar-refractivity contribution in [3.05, 3.63) is 79.7 Å². The highest BCUT2D eigenvalue weighted by molar-refractivity contribution is 7.15. The van der Waals surface area contributed by atoms with E-state index in [0.717, 1.165) is 10.4 Å². The molecule has 2 aromatic carbocycles. The first-order valence-corrected chi connectivity index (χ1v) is 10.1. The second-order valence-electron chi connectivity index (χ2n) is 5.72.